The van der Waals surface area contributed by atoms with Crippen molar-refractivity contribution in [2.45, 2.75) is 101 Å². The maximum absolute atomic E-state index is 14.5. The van der Waals surface area contributed by atoms with Crippen molar-refractivity contribution in [1.82, 2.24) is 35.6 Å². The average Bonchev–Trinajstić information content (AvgIpc) is 4.20. The number of benzene rings is 3. The number of aromatic amines is 1. The van der Waals surface area contributed by atoms with Crippen molar-refractivity contribution in [2.75, 3.05) is 19.6 Å². The number of rotatable bonds is 16. The number of H-pyrrole nitrogens is 1. The Kier molecular flexibility index (Phi) is 14.6. The second-order valence-electron chi connectivity index (χ2n) is 18.2. The van der Waals surface area contributed by atoms with Gasteiger partial charge in [0.15, 0.2) is 5.76 Å². The first kappa shape index (κ1) is 47.5. The standard InChI is InChI=1S/C51H56ClN7O9/c1-30(2)44(56-47(62)40-16-8-24-57(40)48(63)41-17-10-26-59(41)49(64)43-23-22-42(68-43)32-18-20-34(52)21-19-32)50(65)58-25-9-15-39(58)46(61)54-37(27-31-11-4-3-5-12-31)45(60)55-38(51(66)67)28-33-29-53-36-14-7-6-13-35(33)36/h3-7,11-14,18-23,29-30,37-41,44,53H,8-10,15-17,24-28H2,1-2H3,(H,54,61)(H,55,60)(H,56,62)(H,66,67)/t37-,38-,39-,40-,41-,44-/m0/s1. The molecule has 0 saturated carbocycles. The van der Waals surface area contributed by atoms with Crippen molar-refractivity contribution in [2.24, 2.45) is 5.92 Å². The van der Waals surface area contributed by atoms with Crippen LogP contribution in [0.15, 0.2) is 102 Å². The van der Waals surface area contributed by atoms with Crippen molar-refractivity contribution < 1.29 is 43.1 Å². The maximum atomic E-state index is 14.5. The molecule has 0 bridgehead atoms. The molecule has 3 aliphatic heterocycles. The normalized spacial score (nSPS) is 19.5. The third-order valence-corrected chi connectivity index (χ3v) is 13.5. The summed E-state index contributed by atoms with van der Waals surface area (Å²) in [5, 5.41) is 20.0. The fraction of sp³-hybridized carbons (Fsp3) is 0.392. The van der Waals surface area contributed by atoms with Crippen molar-refractivity contribution >= 4 is 63.9 Å². The third-order valence-electron chi connectivity index (χ3n) is 13.3. The summed E-state index contributed by atoms with van der Waals surface area (Å²) in [6.45, 7) is 4.46. The summed E-state index contributed by atoms with van der Waals surface area (Å²) in [5.41, 5.74) is 3.01. The van der Waals surface area contributed by atoms with E-state index in [0.717, 1.165) is 22.0 Å². The van der Waals surface area contributed by atoms with Gasteiger partial charge < -0.3 is 45.2 Å². The van der Waals surface area contributed by atoms with E-state index >= 15 is 0 Å². The molecule has 3 aliphatic rings. The Labute approximate surface area is 398 Å². The lowest BCUT2D eigenvalue weighted by atomic mass is 10.0. The van der Waals surface area contributed by atoms with Crippen molar-refractivity contribution in [3.05, 3.63) is 119 Å². The zero-order valence-corrected chi connectivity index (χ0v) is 38.7. The predicted molar refractivity (Wildman–Crippen MR) is 253 cm³/mol. The number of furan rings is 1. The number of para-hydroxylation sites is 1. The van der Waals surface area contributed by atoms with Gasteiger partial charge in [0.05, 0.1) is 0 Å². The number of amides is 6. The van der Waals surface area contributed by atoms with Crippen molar-refractivity contribution in [3.63, 3.8) is 0 Å². The van der Waals surface area contributed by atoms with Gasteiger partial charge in [-0.15, -0.1) is 0 Å². The molecule has 0 radical (unpaired) electrons. The molecule has 0 aliphatic carbocycles. The van der Waals surface area contributed by atoms with Crippen LogP contribution >= 0.6 is 11.6 Å². The Bertz CT molecular complexity index is 2670. The van der Waals surface area contributed by atoms with Crippen LogP contribution in [0.4, 0.5) is 0 Å². The topological polar surface area (TPSA) is 214 Å². The summed E-state index contributed by atoms with van der Waals surface area (Å²) in [6, 6.07) is 20.6. The summed E-state index contributed by atoms with van der Waals surface area (Å²) in [4.78, 5) is 105. The van der Waals surface area contributed by atoms with Gasteiger partial charge in [0.1, 0.15) is 42.0 Å². The number of likely N-dealkylation sites (tertiary alicyclic amines) is 3. The molecule has 5 N–H and O–H groups in total. The lowest BCUT2D eigenvalue weighted by molar-refractivity contribution is -0.145. The van der Waals surface area contributed by atoms with Crippen LogP contribution in [-0.4, -0.2) is 122 Å². The second kappa shape index (κ2) is 20.9. The Morgan fingerprint density at radius 1 is 0.706 bits per heavy atom. The number of nitrogens with one attached hydrogen (secondary N) is 4. The summed E-state index contributed by atoms with van der Waals surface area (Å²) in [7, 11) is 0. The first-order valence-corrected chi connectivity index (χ1v) is 23.7. The van der Waals surface area contributed by atoms with E-state index in [0.29, 0.717) is 68.0 Å². The number of aromatic nitrogens is 1. The van der Waals surface area contributed by atoms with Crippen LogP contribution in [0, 0.1) is 5.92 Å². The molecule has 8 rings (SSSR count). The van der Waals surface area contributed by atoms with E-state index in [1.165, 1.54) is 14.7 Å². The summed E-state index contributed by atoms with van der Waals surface area (Å²) < 4.78 is 5.93. The van der Waals surface area contributed by atoms with Crippen LogP contribution in [0.3, 0.4) is 0 Å². The van der Waals surface area contributed by atoms with Crippen LogP contribution in [0.25, 0.3) is 22.2 Å². The monoisotopic (exact) mass is 945 g/mol. The predicted octanol–water partition coefficient (Wildman–Crippen LogP) is 5.35. The lowest BCUT2D eigenvalue weighted by Gasteiger charge is -2.34. The number of fused-ring (bicyclic) bond motifs is 1. The van der Waals surface area contributed by atoms with Gasteiger partial charge in [-0.25, -0.2) is 4.79 Å². The number of hydrogen-bond acceptors (Lipinski definition) is 8. The number of carbonyl (C=O) groups excluding carboxylic acids is 6. The third kappa shape index (κ3) is 10.4. The number of carbonyl (C=O) groups is 7. The molecule has 2 aromatic heterocycles. The minimum absolute atomic E-state index is 0.00524. The molecule has 5 heterocycles. The number of carboxylic acid groups (broad SMARTS) is 1. The Hall–Kier alpha value is -6.94. The van der Waals surface area contributed by atoms with E-state index < -0.39 is 77.7 Å². The van der Waals surface area contributed by atoms with Gasteiger partial charge in [-0.1, -0.05) is 74.0 Å². The largest absolute Gasteiger partial charge is 0.480 e. The molecular weight excluding hydrogens is 890 g/mol. The highest BCUT2D eigenvalue weighted by molar-refractivity contribution is 6.30. The summed E-state index contributed by atoms with van der Waals surface area (Å²) >= 11 is 6.04. The maximum Gasteiger partial charge on any atom is 0.326 e. The van der Waals surface area contributed by atoms with Gasteiger partial charge in [-0.3, -0.25) is 28.8 Å². The van der Waals surface area contributed by atoms with Crippen LogP contribution in [0.5, 0.6) is 0 Å². The van der Waals surface area contributed by atoms with E-state index in [1.54, 1.807) is 80.7 Å². The number of halogens is 1. The zero-order chi connectivity index (χ0) is 48.1. The quantitative estimate of drug-likeness (QED) is 0.0862. The van der Waals surface area contributed by atoms with Gasteiger partial charge in [-0.05, 0) is 98.0 Å². The molecule has 3 fully saturated rings. The van der Waals surface area contributed by atoms with Crippen molar-refractivity contribution in [1.29, 1.82) is 0 Å². The first-order chi connectivity index (χ1) is 32.8. The summed E-state index contributed by atoms with van der Waals surface area (Å²) in [5.74, 6) is -4.08. The molecule has 0 spiro atoms. The second-order valence-corrected chi connectivity index (χ2v) is 18.6. The number of hydrogen-bond donors (Lipinski definition) is 5. The van der Waals surface area contributed by atoms with E-state index in [2.05, 4.69) is 20.9 Å². The number of aliphatic carboxylic acids is 1. The van der Waals surface area contributed by atoms with Crippen LogP contribution in [0.2, 0.25) is 5.02 Å². The van der Waals surface area contributed by atoms with Gasteiger partial charge in [0, 0.05) is 60.2 Å². The molecule has 3 aromatic carbocycles. The number of carboxylic acids is 1. The smallest absolute Gasteiger partial charge is 0.326 e. The van der Waals surface area contributed by atoms with Crippen LogP contribution in [-0.2, 0) is 41.6 Å². The summed E-state index contributed by atoms with van der Waals surface area (Å²) in [6.07, 6.45) is 4.49. The van der Waals surface area contributed by atoms with Gasteiger partial charge >= 0.3 is 5.97 Å². The Morgan fingerprint density at radius 2 is 1.34 bits per heavy atom. The van der Waals surface area contributed by atoms with Gasteiger partial charge in [-0.2, -0.15) is 0 Å². The van der Waals surface area contributed by atoms with E-state index in [1.807, 2.05) is 30.3 Å². The Balaban J connectivity index is 0.922. The molecular formula is C51H56ClN7O9. The van der Waals surface area contributed by atoms with Crippen LogP contribution in [0.1, 0.15) is 74.1 Å². The highest BCUT2D eigenvalue weighted by atomic mass is 35.5. The van der Waals surface area contributed by atoms with E-state index in [4.69, 9.17) is 16.0 Å². The van der Waals surface area contributed by atoms with Crippen LogP contribution < -0.4 is 16.0 Å². The molecule has 6 atom stereocenters. The first-order valence-electron chi connectivity index (χ1n) is 23.3. The molecule has 5 aromatic rings. The highest BCUT2D eigenvalue weighted by Crippen LogP contribution is 2.30. The lowest BCUT2D eigenvalue weighted by Crippen LogP contribution is -2.60. The molecule has 16 nitrogen and oxygen atoms in total. The molecule has 356 valence electrons. The molecule has 3 saturated heterocycles. The van der Waals surface area contributed by atoms with Crippen molar-refractivity contribution in [3.8, 4) is 11.3 Å². The van der Waals surface area contributed by atoms with Gasteiger partial charge in [0.2, 0.25) is 29.5 Å². The average molecular weight is 947 g/mol. The SMILES string of the molecule is CC(C)[C@H](NC(=O)[C@@H]1CCCN1C(=O)[C@@H]1CCCN1C(=O)c1ccc(-c2ccc(Cl)cc2)o1)C(=O)N1CCC[C@H]1C(=O)N[C@@H](Cc1ccccc1)C(=O)N[C@@H](Cc1c[nH]c2ccccc12)C(=O)O. The fourth-order valence-corrected chi connectivity index (χ4v) is 9.82. The Morgan fingerprint density at radius 3 is 2.04 bits per heavy atom. The minimum Gasteiger partial charge on any atom is -0.480 e. The fourth-order valence-electron chi connectivity index (χ4n) is 9.69. The van der Waals surface area contributed by atoms with E-state index in [9.17, 15) is 38.7 Å². The molecule has 17 heteroatoms. The highest BCUT2D eigenvalue weighted by Gasteiger charge is 2.45. The molecule has 0 unspecified atom stereocenters. The minimum atomic E-state index is -1.31. The van der Waals surface area contributed by atoms with Gasteiger partial charge in [0.25, 0.3) is 5.91 Å². The molecule has 68 heavy (non-hydrogen) atoms. The number of nitrogens with zero attached hydrogens (tertiary/aromatic N) is 3. The molecule has 6 amide bonds. The zero-order valence-electron chi connectivity index (χ0n) is 38.0. The van der Waals surface area contributed by atoms with E-state index in [-0.39, 0.29) is 31.1 Å².